The predicted molar refractivity (Wildman–Crippen MR) is 107 cm³/mol. The van der Waals surface area contributed by atoms with Gasteiger partial charge in [-0.25, -0.2) is 8.42 Å². The van der Waals surface area contributed by atoms with Crippen molar-refractivity contribution in [3.8, 4) is 0 Å². The highest BCUT2D eigenvalue weighted by Gasteiger charge is 2.32. The summed E-state index contributed by atoms with van der Waals surface area (Å²) in [5.74, 6) is -0.0471. The second kappa shape index (κ2) is 8.29. The lowest BCUT2D eigenvalue weighted by Gasteiger charge is -2.17. The molecule has 6 nitrogen and oxygen atoms in total. The summed E-state index contributed by atoms with van der Waals surface area (Å²) >= 11 is 5.82. The fourth-order valence-electron chi connectivity index (χ4n) is 3.37. The number of nitrogens with one attached hydrogen (secondary N) is 2. The first-order valence-electron chi connectivity index (χ1n) is 8.78. The zero-order valence-corrected chi connectivity index (χ0v) is 16.3. The molecule has 0 saturated heterocycles. The Hall–Kier alpha value is -2.09. The summed E-state index contributed by atoms with van der Waals surface area (Å²) < 4.78 is 27.7. The lowest BCUT2D eigenvalue weighted by Crippen LogP contribution is -2.29. The minimum Gasteiger partial charge on any atom is -0.330 e. The quantitative estimate of drug-likeness (QED) is 0.682. The summed E-state index contributed by atoms with van der Waals surface area (Å²) in [5.41, 5.74) is 6.60. The fourth-order valence-corrected chi connectivity index (χ4v) is 4.60. The molecule has 0 heterocycles. The van der Waals surface area contributed by atoms with Crippen LogP contribution in [-0.4, -0.2) is 20.9 Å². The second-order valence-corrected chi connectivity index (χ2v) is 8.78. The van der Waals surface area contributed by atoms with E-state index in [2.05, 4.69) is 10.0 Å². The Bertz CT molecular complexity index is 916. The predicted octanol–water partition coefficient (Wildman–Crippen LogP) is 3.45. The van der Waals surface area contributed by atoms with E-state index in [1.165, 1.54) is 12.1 Å². The number of amides is 1. The summed E-state index contributed by atoms with van der Waals surface area (Å²) in [4.78, 5) is 12.6. The Morgan fingerprint density at radius 2 is 1.85 bits per heavy atom. The molecule has 1 aliphatic rings. The van der Waals surface area contributed by atoms with Crippen molar-refractivity contribution < 1.29 is 13.2 Å². The van der Waals surface area contributed by atoms with Crippen LogP contribution in [0.2, 0.25) is 5.02 Å². The van der Waals surface area contributed by atoms with Crippen molar-refractivity contribution in [3.63, 3.8) is 0 Å². The van der Waals surface area contributed by atoms with Gasteiger partial charge in [-0.2, -0.15) is 0 Å². The van der Waals surface area contributed by atoms with Crippen LogP contribution in [0.1, 0.15) is 19.3 Å². The molecule has 1 fully saturated rings. The van der Waals surface area contributed by atoms with Crippen LogP contribution in [0.25, 0.3) is 0 Å². The van der Waals surface area contributed by atoms with E-state index >= 15 is 0 Å². The number of hydrogen-bond donors (Lipinski definition) is 3. The van der Waals surface area contributed by atoms with Gasteiger partial charge in [0.25, 0.3) is 10.0 Å². The van der Waals surface area contributed by atoms with Crippen LogP contribution in [0, 0.1) is 11.8 Å². The second-order valence-electron chi connectivity index (χ2n) is 6.66. The van der Waals surface area contributed by atoms with Gasteiger partial charge < -0.3 is 11.1 Å². The molecule has 1 saturated carbocycles. The number of nitrogens with two attached hydrogens (primary N) is 1. The van der Waals surface area contributed by atoms with E-state index in [0.29, 0.717) is 22.9 Å². The Morgan fingerprint density at radius 1 is 1.11 bits per heavy atom. The minimum atomic E-state index is -3.78. The van der Waals surface area contributed by atoms with Gasteiger partial charge in [-0.05, 0) is 67.8 Å². The lowest BCUT2D eigenvalue weighted by molar-refractivity contribution is -0.120. The van der Waals surface area contributed by atoms with Gasteiger partial charge in [0.05, 0.1) is 4.90 Å². The van der Waals surface area contributed by atoms with Gasteiger partial charge >= 0.3 is 0 Å². The third-order valence-electron chi connectivity index (χ3n) is 4.81. The summed E-state index contributed by atoms with van der Waals surface area (Å²) in [6.45, 7) is 0.484. The van der Waals surface area contributed by atoms with Crippen LogP contribution >= 0.6 is 11.6 Å². The van der Waals surface area contributed by atoms with Gasteiger partial charge in [-0.3, -0.25) is 9.52 Å². The van der Waals surface area contributed by atoms with Crippen molar-refractivity contribution in [2.24, 2.45) is 17.6 Å². The number of rotatable bonds is 6. The van der Waals surface area contributed by atoms with Gasteiger partial charge in [0.2, 0.25) is 5.91 Å². The topological polar surface area (TPSA) is 101 Å². The number of hydrogen-bond acceptors (Lipinski definition) is 4. The van der Waals surface area contributed by atoms with Gasteiger partial charge in [0.1, 0.15) is 0 Å². The van der Waals surface area contributed by atoms with Gasteiger partial charge in [0.15, 0.2) is 0 Å². The van der Waals surface area contributed by atoms with Crippen LogP contribution in [-0.2, 0) is 14.8 Å². The largest absolute Gasteiger partial charge is 0.330 e. The van der Waals surface area contributed by atoms with Crippen molar-refractivity contribution in [2.45, 2.75) is 24.2 Å². The smallest absolute Gasteiger partial charge is 0.261 e. The van der Waals surface area contributed by atoms with E-state index in [1.807, 2.05) is 0 Å². The summed E-state index contributed by atoms with van der Waals surface area (Å²) in [6, 6.07) is 12.6. The van der Waals surface area contributed by atoms with Crippen LogP contribution in [0.3, 0.4) is 0 Å². The number of halogens is 1. The SMILES string of the molecule is NCC1CCCC1C(=O)Nc1cccc(S(=O)(=O)Nc2ccc(Cl)cc2)c1. The Balaban J connectivity index is 1.74. The molecular weight excluding hydrogens is 386 g/mol. The maximum Gasteiger partial charge on any atom is 0.261 e. The van der Waals surface area contributed by atoms with Crippen molar-refractivity contribution >= 4 is 38.9 Å². The molecule has 2 aromatic rings. The molecule has 2 atom stereocenters. The third-order valence-corrected chi connectivity index (χ3v) is 6.44. The lowest BCUT2D eigenvalue weighted by atomic mass is 9.95. The first-order valence-corrected chi connectivity index (χ1v) is 10.6. The fraction of sp³-hybridized carbons (Fsp3) is 0.316. The highest BCUT2D eigenvalue weighted by molar-refractivity contribution is 7.92. The molecule has 0 aromatic heterocycles. The third kappa shape index (κ3) is 4.80. The van der Waals surface area contributed by atoms with Crippen molar-refractivity contribution in [3.05, 3.63) is 53.6 Å². The molecule has 2 unspecified atom stereocenters. The average molecular weight is 408 g/mol. The average Bonchev–Trinajstić information content (AvgIpc) is 3.13. The molecule has 0 spiro atoms. The minimum absolute atomic E-state index is 0.0667. The Morgan fingerprint density at radius 3 is 2.56 bits per heavy atom. The maximum atomic E-state index is 12.6. The van der Waals surface area contributed by atoms with Crippen LogP contribution < -0.4 is 15.8 Å². The van der Waals surface area contributed by atoms with E-state index in [9.17, 15) is 13.2 Å². The van der Waals surface area contributed by atoms with Crippen LogP contribution in [0.5, 0.6) is 0 Å². The normalized spacial score (nSPS) is 19.6. The standard InChI is InChI=1S/C19H22ClN3O3S/c20-14-7-9-15(10-8-14)23-27(25,26)17-5-2-4-16(11-17)22-19(24)18-6-1-3-13(18)12-21/h2,4-5,7-11,13,18,23H,1,3,6,12,21H2,(H,22,24). The van der Waals surface area contributed by atoms with Crippen molar-refractivity contribution in [1.82, 2.24) is 0 Å². The van der Waals surface area contributed by atoms with Gasteiger partial charge in [0, 0.05) is 22.3 Å². The number of carbonyl (C=O) groups is 1. The molecule has 0 radical (unpaired) electrons. The first-order chi connectivity index (χ1) is 12.9. The molecule has 1 amide bonds. The van der Waals surface area contributed by atoms with Crippen molar-refractivity contribution in [1.29, 1.82) is 0 Å². The van der Waals surface area contributed by atoms with Crippen LogP contribution in [0.4, 0.5) is 11.4 Å². The summed E-state index contributed by atoms with van der Waals surface area (Å²) in [6.07, 6.45) is 2.75. The van der Waals surface area contributed by atoms with E-state index in [0.717, 1.165) is 19.3 Å². The maximum absolute atomic E-state index is 12.6. The highest BCUT2D eigenvalue weighted by Crippen LogP contribution is 2.32. The summed E-state index contributed by atoms with van der Waals surface area (Å²) in [7, 11) is -3.78. The zero-order valence-electron chi connectivity index (χ0n) is 14.7. The molecule has 2 aromatic carbocycles. The van der Waals surface area contributed by atoms with E-state index in [4.69, 9.17) is 17.3 Å². The molecule has 4 N–H and O–H groups in total. The van der Waals surface area contributed by atoms with Crippen LogP contribution in [0.15, 0.2) is 53.4 Å². The van der Waals surface area contributed by atoms with E-state index < -0.39 is 10.0 Å². The summed E-state index contributed by atoms with van der Waals surface area (Å²) in [5, 5.41) is 3.35. The molecule has 0 aliphatic heterocycles. The van der Waals surface area contributed by atoms with E-state index in [1.54, 1.807) is 36.4 Å². The molecule has 8 heteroatoms. The molecular formula is C19H22ClN3O3S. The number of benzene rings is 2. The van der Waals surface area contributed by atoms with Gasteiger partial charge in [-0.15, -0.1) is 0 Å². The van der Waals surface area contributed by atoms with Gasteiger partial charge in [-0.1, -0.05) is 24.1 Å². The molecule has 0 bridgehead atoms. The number of sulfonamides is 1. The van der Waals surface area contributed by atoms with Crippen molar-refractivity contribution in [2.75, 3.05) is 16.6 Å². The Labute approximate surface area is 164 Å². The highest BCUT2D eigenvalue weighted by atomic mass is 35.5. The monoisotopic (exact) mass is 407 g/mol. The number of anilines is 2. The molecule has 144 valence electrons. The molecule has 3 rings (SSSR count). The first kappa shape index (κ1) is 19.7. The number of carbonyl (C=O) groups excluding carboxylic acids is 1. The molecule has 27 heavy (non-hydrogen) atoms. The van der Waals surface area contributed by atoms with E-state index in [-0.39, 0.29) is 22.6 Å². The molecule has 1 aliphatic carbocycles. The Kier molecular flexibility index (Phi) is 6.04. The zero-order chi connectivity index (χ0) is 19.4.